The average molecular weight is 291 g/mol. The van der Waals surface area contributed by atoms with Crippen LogP contribution in [0.2, 0.25) is 0 Å². The Bertz CT molecular complexity index is 589. The minimum Gasteiger partial charge on any atom is -0.455 e. The van der Waals surface area contributed by atoms with E-state index in [1.165, 1.54) is 0 Å². The highest BCUT2D eigenvalue weighted by atomic mass is 32.1. The molecule has 2 rings (SSSR count). The highest BCUT2D eigenvalue weighted by molar-refractivity contribution is 7.80. The summed E-state index contributed by atoms with van der Waals surface area (Å²) >= 11 is 5.08. The molecule has 0 saturated heterocycles. The molecule has 20 heavy (non-hydrogen) atoms. The second-order valence-corrected chi connectivity index (χ2v) is 4.61. The van der Waals surface area contributed by atoms with E-state index in [2.05, 4.69) is 15.8 Å². The van der Waals surface area contributed by atoms with Crippen molar-refractivity contribution in [2.75, 3.05) is 20.3 Å². The first-order valence-electron chi connectivity index (χ1n) is 6.26. The van der Waals surface area contributed by atoms with Crippen LogP contribution in [-0.2, 0) is 4.74 Å². The summed E-state index contributed by atoms with van der Waals surface area (Å²) in [5.74, 6) is 0.721. The van der Waals surface area contributed by atoms with Gasteiger partial charge in [0, 0.05) is 19.0 Å². The third kappa shape index (κ3) is 3.79. The molecule has 6 heteroatoms. The van der Waals surface area contributed by atoms with E-state index in [1.807, 2.05) is 37.3 Å². The van der Waals surface area contributed by atoms with Gasteiger partial charge in [0.2, 0.25) is 0 Å². The lowest BCUT2D eigenvalue weighted by Gasteiger charge is -2.06. The van der Waals surface area contributed by atoms with E-state index >= 15 is 0 Å². The topological polar surface area (TPSA) is 58.8 Å². The maximum absolute atomic E-state index is 5.71. The molecule has 0 saturated carbocycles. The van der Waals surface area contributed by atoms with Crippen molar-refractivity contribution in [2.45, 2.75) is 6.92 Å². The zero-order valence-electron chi connectivity index (χ0n) is 11.5. The summed E-state index contributed by atoms with van der Waals surface area (Å²) in [6, 6.07) is 9.80. The first-order valence-corrected chi connectivity index (χ1v) is 6.67. The number of benzene rings is 1. The smallest absolute Gasteiger partial charge is 0.187 e. The predicted octanol–water partition coefficient (Wildman–Crippen LogP) is 2.27. The van der Waals surface area contributed by atoms with Crippen molar-refractivity contribution in [3.05, 3.63) is 36.1 Å². The number of thiocarbonyl (C=S) groups is 1. The maximum atomic E-state index is 5.71. The lowest BCUT2D eigenvalue weighted by Crippen LogP contribution is -2.34. The van der Waals surface area contributed by atoms with Gasteiger partial charge >= 0.3 is 0 Å². The molecule has 106 valence electrons. The highest BCUT2D eigenvalue weighted by Crippen LogP contribution is 2.19. The van der Waals surface area contributed by atoms with E-state index in [1.54, 1.807) is 7.11 Å². The Labute approximate surface area is 123 Å². The van der Waals surface area contributed by atoms with Crippen LogP contribution >= 0.6 is 12.2 Å². The summed E-state index contributed by atoms with van der Waals surface area (Å²) in [5.41, 5.74) is 4.36. The summed E-state index contributed by atoms with van der Waals surface area (Å²) in [7, 11) is 1.64. The summed E-state index contributed by atoms with van der Waals surface area (Å²) in [5, 5.41) is 8.68. The number of ether oxygens (including phenoxy) is 1. The normalized spacial score (nSPS) is 11.6. The summed E-state index contributed by atoms with van der Waals surface area (Å²) < 4.78 is 10.6. The van der Waals surface area contributed by atoms with Gasteiger partial charge in [0.25, 0.3) is 0 Å². The lowest BCUT2D eigenvalue weighted by atomic mass is 10.2. The van der Waals surface area contributed by atoms with Crippen molar-refractivity contribution in [3.8, 4) is 0 Å². The molecule has 0 aliphatic heterocycles. The molecule has 0 aliphatic rings. The Morgan fingerprint density at radius 3 is 2.95 bits per heavy atom. The van der Waals surface area contributed by atoms with E-state index in [9.17, 15) is 0 Å². The van der Waals surface area contributed by atoms with Crippen LogP contribution in [0.5, 0.6) is 0 Å². The Morgan fingerprint density at radius 1 is 1.40 bits per heavy atom. The first kappa shape index (κ1) is 14.5. The molecule has 2 aromatic rings. The molecule has 1 aromatic carbocycles. The van der Waals surface area contributed by atoms with E-state index in [0.717, 1.165) is 22.4 Å². The summed E-state index contributed by atoms with van der Waals surface area (Å²) in [6.07, 6.45) is 0. The van der Waals surface area contributed by atoms with E-state index in [0.29, 0.717) is 18.3 Å². The van der Waals surface area contributed by atoms with E-state index in [4.69, 9.17) is 21.4 Å². The number of hydrogen-bond donors (Lipinski definition) is 2. The second-order valence-electron chi connectivity index (χ2n) is 4.21. The molecule has 5 nitrogen and oxygen atoms in total. The first-order chi connectivity index (χ1) is 9.70. The third-order valence-corrected chi connectivity index (χ3v) is 2.93. The molecule has 0 aliphatic carbocycles. The van der Waals surface area contributed by atoms with Gasteiger partial charge in [0.15, 0.2) is 10.9 Å². The van der Waals surface area contributed by atoms with E-state index in [-0.39, 0.29) is 0 Å². The number of hydrogen-bond acceptors (Lipinski definition) is 4. The zero-order chi connectivity index (χ0) is 14.4. The predicted molar refractivity (Wildman–Crippen MR) is 84.0 cm³/mol. The second kappa shape index (κ2) is 7.02. The van der Waals surface area contributed by atoms with Crippen molar-refractivity contribution in [3.63, 3.8) is 0 Å². The van der Waals surface area contributed by atoms with Gasteiger partial charge in [-0.25, -0.2) is 0 Å². The van der Waals surface area contributed by atoms with Crippen molar-refractivity contribution >= 4 is 34.0 Å². The fraction of sp³-hybridized carbons (Fsp3) is 0.286. The fourth-order valence-electron chi connectivity index (χ4n) is 1.66. The maximum Gasteiger partial charge on any atom is 0.187 e. The number of furan rings is 1. The van der Waals surface area contributed by atoms with Crippen LogP contribution in [0.25, 0.3) is 11.0 Å². The number of fused-ring (bicyclic) bond motifs is 1. The van der Waals surface area contributed by atoms with Crippen molar-refractivity contribution in [2.24, 2.45) is 5.10 Å². The SMILES string of the molecule is COCCNC(=S)N/N=C(/C)c1cc2ccccc2o1. The number of methoxy groups -OCH3 is 1. The molecule has 1 heterocycles. The zero-order valence-corrected chi connectivity index (χ0v) is 12.3. The molecule has 0 spiro atoms. The molecular weight excluding hydrogens is 274 g/mol. The summed E-state index contributed by atoms with van der Waals surface area (Å²) in [4.78, 5) is 0. The molecule has 0 atom stereocenters. The standard InChI is InChI=1S/C14H17N3O2S/c1-10(16-17-14(20)15-7-8-18-2)13-9-11-5-3-4-6-12(11)19-13/h3-6,9H,7-8H2,1-2H3,(H2,15,17,20)/b16-10-. The molecule has 0 radical (unpaired) electrons. The van der Waals surface area contributed by atoms with Crippen LogP contribution in [0.4, 0.5) is 0 Å². The molecular formula is C14H17N3O2S. The van der Waals surface area contributed by atoms with Crippen LogP contribution in [-0.4, -0.2) is 31.1 Å². The Hall–Kier alpha value is -1.92. The van der Waals surface area contributed by atoms with Crippen LogP contribution in [0.3, 0.4) is 0 Å². The van der Waals surface area contributed by atoms with Crippen molar-refractivity contribution in [1.82, 2.24) is 10.7 Å². The number of rotatable bonds is 5. The summed E-state index contributed by atoms with van der Waals surface area (Å²) in [6.45, 7) is 3.10. The van der Waals surface area contributed by atoms with Crippen LogP contribution in [0.15, 0.2) is 39.9 Å². The minimum absolute atomic E-state index is 0.456. The Morgan fingerprint density at radius 2 is 2.20 bits per heavy atom. The van der Waals surface area contributed by atoms with Gasteiger partial charge in [0.05, 0.1) is 6.61 Å². The van der Waals surface area contributed by atoms with Gasteiger partial charge in [-0.2, -0.15) is 5.10 Å². The third-order valence-electron chi connectivity index (χ3n) is 2.70. The van der Waals surface area contributed by atoms with Gasteiger partial charge in [-0.3, -0.25) is 5.43 Å². The van der Waals surface area contributed by atoms with Crippen LogP contribution in [0.1, 0.15) is 12.7 Å². The van der Waals surface area contributed by atoms with E-state index < -0.39 is 0 Å². The van der Waals surface area contributed by atoms with Crippen molar-refractivity contribution < 1.29 is 9.15 Å². The lowest BCUT2D eigenvalue weighted by molar-refractivity contribution is 0.204. The van der Waals surface area contributed by atoms with Crippen LogP contribution in [0, 0.1) is 0 Å². The molecule has 0 fully saturated rings. The number of nitrogens with zero attached hydrogens (tertiary/aromatic N) is 1. The number of nitrogens with one attached hydrogen (secondary N) is 2. The fourth-order valence-corrected chi connectivity index (χ4v) is 1.80. The number of hydrazone groups is 1. The Balaban J connectivity index is 1.97. The minimum atomic E-state index is 0.456. The quantitative estimate of drug-likeness (QED) is 0.383. The van der Waals surface area contributed by atoms with Crippen molar-refractivity contribution in [1.29, 1.82) is 0 Å². The molecule has 0 bridgehead atoms. The molecule has 2 N–H and O–H groups in total. The average Bonchev–Trinajstić information content (AvgIpc) is 2.89. The Kier molecular flexibility index (Phi) is 5.09. The van der Waals surface area contributed by atoms with Gasteiger partial charge < -0.3 is 14.5 Å². The number of para-hydroxylation sites is 1. The highest BCUT2D eigenvalue weighted by Gasteiger charge is 2.06. The largest absolute Gasteiger partial charge is 0.455 e. The van der Waals surface area contributed by atoms with Gasteiger partial charge in [-0.1, -0.05) is 18.2 Å². The van der Waals surface area contributed by atoms with Gasteiger partial charge in [0.1, 0.15) is 11.3 Å². The monoisotopic (exact) mass is 291 g/mol. The van der Waals surface area contributed by atoms with Gasteiger partial charge in [-0.15, -0.1) is 0 Å². The molecule has 0 amide bonds. The molecule has 1 aromatic heterocycles. The van der Waals surface area contributed by atoms with Crippen LogP contribution < -0.4 is 10.7 Å². The van der Waals surface area contributed by atoms with Gasteiger partial charge in [-0.05, 0) is 31.3 Å². The molecule has 0 unspecified atom stereocenters.